The van der Waals surface area contributed by atoms with E-state index in [-0.39, 0.29) is 0 Å². The molecule has 0 bridgehead atoms. The third-order valence-corrected chi connectivity index (χ3v) is 3.61. The zero-order valence-corrected chi connectivity index (χ0v) is 8.77. The molecule has 1 aliphatic rings. The molecule has 0 aromatic carbocycles. The van der Waals surface area contributed by atoms with Crippen molar-refractivity contribution in [1.29, 1.82) is 0 Å². The number of anilines is 1. The highest BCUT2D eigenvalue weighted by Crippen LogP contribution is 2.26. The second-order valence-corrected chi connectivity index (χ2v) is 4.34. The van der Waals surface area contributed by atoms with Crippen molar-refractivity contribution in [2.24, 2.45) is 0 Å². The van der Waals surface area contributed by atoms with Crippen molar-refractivity contribution in [3.8, 4) is 0 Å². The molecule has 2 heterocycles. The normalized spacial score (nSPS) is 17.8. The van der Waals surface area contributed by atoms with Crippen molar-refractivity contribution in [1.82, 2.24) is 0 Å². The van der Waals surface area contributed by atoms with Crippen molar-refractivity contribution in [3.63, 3.8) is 0 Å². The molecule has 1 aromatic rings. The first-order valence-corrected chi connectivity index (χ1v) is 5.63. The number of thiophene rings is 1. The van der Waals surface area contributed by atoms with Crippen LogP contribution < -0.4 is 4.90 Å². The molecule has 0 amide bonds. The quantitative estimate of drug-likeness (QED) is 0.720. The Balaban J connectivity index is 2.05. The Morgan fingerprint density at radius 1 is 1.38 bits per heavy atom. The van der Waals surface area contributed by atoms with Gasteiger partial charge in [0.2, 0.25) is 0 Å². The number of ether oxygens (including phenoxy) is 1. The molecule has 72 valence electrons. The summed E-state index contributed by atoms with van der Waals surface area (Å²) < 4.78 is 5.32. The van der Waals surface area contributed by atoms with Gasteiger partial charge in [0.25, 0.3) is 0 Å². The van der Waals surface area contributed by atoms with E-state index >= 15 is 0 Å². The highest BCUT2D eigenvalue weighted by molar-refractivity contribution is 7.16. The third-order valence-electron chi connectivity index (χ3n) is 2.32. The molecule has 0 aliphatic carbocycles. The van der Waals surface area contributed by atoms with Crippen LogP contribution in [-0.4, -0.2) is 26.3 Å². The third kappa shape index (κ3) is 2.03. The van der Waals surface area contributed by atoms with E-state index < -0.39 is 0 Å². The average Bonchev–Trinajstić information content (AvgIpc) is 2.67. The zero-order valence-electron chi connectivity index (χ0n) is 7.95. The zero-order chi connectivity index (χ0) is 9.10. The SMILES string of the molecule is CCc1ccc(N2CCOCC2)s1. The minimum absolute atomic E-state index is 0.874. The fourth-order valence-corrected chi connectivity index (χ4v) is 2.51. The van der Waals surface area contributed by atoms with Crippen molar-refractivity contribution < 1.29 is 4.74 Å². The predicted octanol–water partition coefficient (Wildman–Crippen LogP) is 2.15. The topological polar surface area (TPSA) is 12.5 Å². The largest absolute Gasteiger partial charge is 0.378 e. The summed E-state index contributed by atoms with van der Waals surface area (Å²) in [5.74, 6) is 0. The molecule has 1 aromatic heterocycles. The average molecular weight is 197 g/mol. The fraction of sp³-hybridized carbons (Fsp3) is 0.600. The Hall–Kier alpha value is -0.540. The smallest absolute Gasteiger partial charge is 0.0912 e. The van der Waals surface area contributed by atoms with Gasteiger partial charge in [0, 0.05) is 18.0 Å². The molecule has 1 fully saturated rings. The minimum Gasteiger partial charge on any atom is -0.378 e. The van der Waals surface area contributed by atoms with E-state index in [0.29, 0.717) is 0 Å². The lowest BCUT2D eigenvalue weighted by atomic mass is 10.4. The molecule has 0 spiro atoms. The number of nitrogens with zero attached hydrogens (tertiary/aromatic N) is 1. The van der Waals surface area contributed by atoms with Gasteiger partial charge in [-0.05, 0) is 18.6 Å². The maximum Gasteiger partial charge on any atom is 0.0912 e. The summed E-state index contributed by atoms with van der Waals surface area (Å²) >= 11 is 1.91. The Labute approximate surface area is 83.1 Å². The van der Waals surface area contributed by atoms with Crippen LogP contribution in [0, 0.1) is 0 Å². The number of rotatable bonds is 2. The summed E-state index contributed by atoms with van der Waals surface area (Å²) in [5.41, 5.74) is 0. The van der Waals surface area contributed by atoms with Crippen LogP contribution in [0.25, 0.3) is 0 Å². The molecule has 3 heteroatoms. The molecule has 2 nitrogen and oxygen atoms in total. The van der Waals surface area contributed by atoms with E-state index in [1.807, 2.05) is 11.3 Å². The molecule has 13 heavy (non-hydrogen) atoms. The van der Waals surface area contributed by atoms with Crippen LogP contribution in [0.1, 0.15) is 11.8 Å². The molecular formula is C10H15NOS. The number of hydrogen-bond acceptors (Lipinski definition) is 3. The Kier molecular flexibility index (Phi) is 2.86. The molecule has 1 saturated heterocycles. The number of aryl methyl sites for hydroxylation is 1. The summed E-state index contributed by atoms with van der Waals surface area (Å²) in [6.45, 7) is 6.04. The van der Waals surface area contributed by atoms with Crippen molar-refractivity contribution in [2.75, 3.05) is 31.2 Å². The minimum atomic E-state index is 0.874. The maximum absolute atomic E-state index is 5.32. The van der Waals surface area contributed by atoms with Crippen molar-refractivity contribution in [3.05, 3.63) is 17.0 Å². The molecule has 2 rings (SSSR count). The first kappa shape index (κ1) is 9.03. The van der Waals surface area contributed by atoms with Crippen LogP contribution in [0.2, 0.25) is 0 Å². The number of morpholine rings is 1. The highest BCUT2D eigenvalue weighted by Gasteiger charge is 2.12. The summed E-state index contributed by atoms with van der Waals surface area (Å²) in [6, 6.07) is 4.46. The van der Waals surface area contributed by atoms with Gasteiger partial charge in [0.05, 0.1) is 18.2 Å². The van der Waals surface area contributed by atoms with Gasteiger partial charge in [-0.15, -0.1) is 11.3 Å². The van der Waals surface area contributed by atoms with Crippen LogP contribution in [0.15, 0.2) is 12.1 Å². The van der Waals surface area contributed by atoms with Gasteiger partial charge in [-0.1, -0.05) is 6.92 Å². The van der Waals surface area contributed by atoms with Crippen LogP contribution in [-0.2, 0) is 11.2 Å². The molecule has 0 saturated carbocycles. The molecule has 0 N–H and O–H groups in total. The van der Waals surface area contributed by atoms with Gasteiger partial charge in [0.15, 0.2) is 0 Å². The molecule has 0 unspecified atom stereocenters. The lowest BCUT2D eigenvalue weighted by Crippen LogP contribution is -2.35. The van der Waals surface area contributed by atoms with E-state index in [1.165, 1.54) is 9.88 Å². The summed E-state index contributed by atoms with van der Waals surface area (Å²) in [6.07, 6.45) is 1.15. The second kappa shape index (κ2) is 4.11. The van der Waals surface area contributed by atoms with E-state index in [1.54, 1.807) is 0 Å². The molecule has 1 aliphatic heterocycles. The van der Waals surface area contributed by atoms with Crippen LogP contribution >= 0.6 is 11.3 Å². The Morgan fingerprint density at radius 3 is 2.77 bits per heavy atom. The Bertz CT molecular complexity index is 266. The maximum atomic E-state index is 5.32. The summed E-state index contributed by atoms with van der Waals surface area (Å²) in [5, 5.41) is 1.40. The first-order valence-electron chi connectivity index (χ1n) is 4.81. The number of hydrogen-bond donors (Lipinski definition) is 0. The van der Waals surface area contributed by atoms with Crippen molar-refractivity contribution >= 4 is 16.3 Å². The highest BCUT2D eigenvalue weighted by atomic mass is 32.1. The second-order valence-electron chi connectivity index (χ2n) is 3.19. The van der Waals surface area contributed by atoms with E-state index in [0.717, 1.165) is 32.7 Å². The summed E-state index contributed by atoms with van der Waals surface area (Å²) in [4.78, 5) is 3.88. The van der Waals surface area contributed by atoms with Gasteiger partial charge in [-0.25, -0.2) is 0 Å². The first-order chi connectivity index (χ1) is 6.40. The predicted molar refractivity (Wildman–Crippen MR) is 56.7 cm³/mol. The van der Waals surface area contributed by atoms with Gasteiger partial charge >= 0.3 is 0 Å². The lowest BCUT2D eigenvalue weighted by Gasteiger charge is -2.27. The van der Waals surface area contributed by atoms with E-state index in [9.17, 15) is 0 Å². The van der Waals surface area contributed by atoms with E-state index in [4.69, 9.17) is 4.74 Å². The lowest BCUT2D eigenvalue weighted by molar-refractivity contribution is 0.123. The van der Waals surface area contributed by atoms with Crippen LogP contribution in [0.3, 0.4) is 0 Å². The van der Waals surface area contributed by atoms with Gasteiger partial charge in [0.1, 0.15) is 0 Å². The monoisotopic (exact) mass is 197 g/mol. The molecule has 0 atom stereocenters. The molecular weight excluding hydrogens is 182 g/mol. The van der Waals surface area contributed by atoms with Gasteiger partial charge < -0.3 is 9.64 Å². The van der Waals surface area contributed by atoms with E-state index in [2.05, 4.69) is 24.0 Å². The molecule has 0 radical (unpaired) electrons. The standard InChI is InChI=1S/C10H15NOS/c1-2-9-3-4-10(13-9)11-5-7-12-8-6-11/h3-4H,2,5-8H2,1H3. The Morgan fingerprint density at radius 2 is 2.15 bits per heavy atom. The van der Waals surface area contributed by atoms with Gasteiger partial charge in [-0.3, -0.25) is 0 Å². The fourth-order valence-electron chi connectivity index (χ4n) is 1.51. The summed E-state index contributed by atoms with van der Waals surface area (Å²) in [7, 11) is 0. The van der Waals surface area contributed by atoms with Crippen LogP contribution in [0.4, 0.5) is 5.00 Å². The van der Waals surface area contributed by atoms with Gasteiger partial charge in [-0.2, -0.15) is 0 Å². The van der Waals surface area contributed by atoms with Crippen molar-refractivity contribution in [2.45, 2.75) is 13.3 Å². The van der Waals surface area contributed by atoms with Crippen LogP contribution in [0.5, 0.6) is 0 Å².